The number of thioether (sulfide) groups is 1. The smallest absolute Gasteiger partial charge is 0.255 e. The number of benzene rings is 2. The van der Waals surface area contributed by atoms with Gasteiger partial charge < -0.3 is 14.6 Å². The molecule has 1 aliphatic heterocycles. The fraction of sp³-hybridized carbons (Fsp3) is 0.346. The molecule has 34 heavy (non-hydrogen) atoms. The second-order valence-electron chi connectivity index (χ2n) is 8.39. The maximum atomic E-state index is 12.9. The number of nitrogens with one attached hydrogen (secondary N) is 1. The Labute approximate surface area is 204 Å². The van der Waals surface area contributed by atoms with E-state index in [2.05, 4.69) is 27.0 Å². The summed E-state index contributed by atoms with van der Waals surface area (Å²) in [6, 6.07) is 18.2. The van der Waals surface area contributed by atoms with E-state index < -0.39 is 0 Å². The standard InChI is InChI=1S/C26H30N4O3S/c1-19-23(25(32)28-26(27-19)34-18-21-9-6-10-22(15-21)33-2)16-24(31)30-13-11-29(12-14-30)17-20-7-4-3-5-8-20/h3-10,15H,11-14,16-18H2,1-2H3,(H,27,28,32). The van der Waals surface area contributed by atoms with Crippen molar-refractivity contribution in [3.63, 3.8) is 0 Å². The average Bonchev–Trinajstić information content (AvgIpc) is 2.86. The van der Waals surface area contributed by atoms with Gasteiger partial charge in [0.2, 0.25) is 5.91 Å². The Morgan fingerprint density at radius 3 is 2.50 bits per heavy atom. The summed E-state index contributed by atoms with van der Waals surface area (Å²) in [7, 11) is 1.64. The number of H-pyrrole nitrogens is 1. The number of methoxy groups -OCH3 is 1. The van der Waals surface area contributed by atoms with E-state index in [4.69, 9.17) is 4.74 Å². The summed E-state index contributed by atoms with van der Waals surface area (Å²) >= 11 is 1.45. The van der Waals surface area contributed by atoms with E-state index >= 15 is 0 Å². The summed E-state index contributed by atoms with van der Waals surface area (Å²) in [6.45, 7) is 5.68. The molecule has 178 valence electrons. The molecule has 2 heterocycles. The molecule has 4 rings (SSSR count). The van der Waals surface area contributed by atoms with Gasteiger partial charge in [0.25, 0.3) is 5.56 Å². The fourth-order valence-corrected chi connectivity index (χ4v) is 4.88. The number of hydrogen-bond acceptors (Lipinski definition) is 6. The van der Waals surface area contributed by atoms with Crippen LogP contribution in [0.2, 0.25) is 0 Å². The Kier molecular flexibility index (Phi) is 8.03. The summed E-state index contributed by atoms with van der Waals surface area (Å²) < 4.78 is 5.26. The number of carbonyl (C=O) groups is 1. The zero-order valence-corrected chi connectivity index (χ0v) is 20.4. The van der Waals surface area contributed by atoms with Gasteiger partial charge in [-0.3, -0.25) is 14.5 Å². The minimum Gasteiger partial charge on any atom is -0.497 e. The number of nitrogens with zero attached hydrogens (tertiary/aromatic N) is 3. The Morgan fingerprint density at radius 2 is 1.79 bits per heavy atom. The van der Waals surface area contributed by atoms with Crippen LogP contribution in [-0.4, -0.2) is 59.0 Å². The summed E-state index contributed by atoms with van der Waals surface area (Å²) in [6.07, 6.45) is 0.0771. The molecule has 1 amide bonds. The lowest BCUT2D eigenvalue weighted by atomic mass is 10.1. The van der Waals surface area contributed by atoms with Crippen molar-refractivity contribution >= 4 is 17.7 Å². The quantitative estimate of drug-likeness (QED) is 0.396. The van der Waals surface area contributed by atoms with Crippen molar-refractivity contribution in [1.29, 1.82) is 0 Å². The summed E-state index contributed by atoms with van der Waals surface area (Å²) in [5.41, 5.74) is 3.17. The highest BCUT2D eigenvalue weighted by Gasteiger charge is 2.23. The van der Waals surface area contributed by atoms with Gasteiger partial charge in [-0.2, -0.15) is 0 Å². The minimum absolute atomic E-state index is 0.0217. The van der Waals surface area contributed by atoms with Crippen LogP contribution in [0.25, 0.3) is 0 Å². The minimum atomic E-state index is -0.239. The van der Waals surface area contributed by atoms with Crippen LogP contribution >= 0.6 is 11.8 Å². The van der Waals surface area contributed by atoms with Gasteiger partial charge in [-0.05, 0) is 30.2 Å². The second-order valence-corrected chi connectivity index (χ2v) is 9.36. The second kappa shape index (κ2) is 11.4. The lowest BCUT2D eigenvalue weighted by Gasteiger charge is -2.34. The van der Waals surface area contributed by atoms with Crippen LogP contribution < -0.4 is 10.3 Å². The average molecular weight is 479 g/mol. The van der Waals surface area contributed by atoms with Gasteiger partial charge in [0.1, 0.15) is 5.75 Å². The molecule has 0 spiro atoms. The molecule has 0 bridgehead atoms. The van der Waals surface area contributed by atoms with Crippen LogP contribution in [0.1, 0.15) is 22.4 Å². The lowest BCUT2D eigenvalue weighted by Crippen LogP contribution is -2.49. The first-order valence-electron chi connectivity index (χ1n) is 11.4. The molecule has 1 aliphatic rings. The Morgan fingerprint density at radius 1 is 1.06 bits per heavy atom. The molecule has 1 N–H and O–H groups in total. The molecule has 2 aromatic carbocycles. The van der Waals surface area contributed by atoms with E-state index in [1.54, 1.807) is 14.0 Å². The number of rotatable bonds is 8. The first-order valence-corrected chi connectivity index (χ1v) is 12.4. The van der Waals surface area contributed by atoms with E-state index in [-0.39, 0.29) is 17.9 Å². The normalized spacial score (nSPS) is 14.2. The van der Waals surface area contributed by atoms with Gasteiger partial charge in [-0.15, -0.1) is 0 Å². The Bertz CT molecular complexity index is 1170. The topological polar surface area (TPSA) is 78.5 Å². The number of amides is 1. The maximum absolute atomic E-state index is 12.9. The predicted molar refractivity (Wildman–Crippen MR) is 134 cm³/mol. The number of aryl methyl sites for hydroxylation is 1. The van der Waals surface area contributed by atoms with Gasteiger partial charge in [0.05, 0.1) is 13.5 Å². The van der Waals surface area contributed by atoms with E-state index in [0.717, 1.165) is 30.9 Å². The number of carbonyl (C=O) groups excluding carboxylic acids is 1. The molecule has 7 nitrogen and oxygen atoms in total. The van der Waals surface area contributed by atoms with E-state index in [1.165, 1.54) is 17.3 Å². The highest BCUT2D eigenvalue weighted by atomic mass is 32.2. The number of aromatic amines is 1. The highest BCUT2D eigenvalue weighted by Crippen LogP contribution is 2.22. The third-order valence-electron chi connectivity index (χ3n) is 6.01. The largest absolute Gasteiger partial charge is 0.497 e. The summed E-state index contributed by atoms with van der Waals surface area (Å²) in [4.78, 5) is 37.2. The van der Waals surface area contributed by atoms with Gasteiger partial charge in [0, 0.05) is 49.7 Å². The van der Waals surface area contributed by atoms with Crippen LogP contribution in [0.15, 0.2) is 64.5 Å². The SMILES string of the molecule is COc1cccc(CSc2nc(C)c(CC(=O)N3CCN(Cc4ccccc4)CC3)c(=O)[nH]2)c1. The van der Waals surface area contributed by atoms with E-state index in [1.807, 2.05) is 47.4 Å². The van der Waals surface area contributed by atoms with Crippen molar-refractivity contribution in [2.75, 3.05) is 33.3 Å². The molecule has 0 saturated carbocycles. The van der Waals surface area contributed by atoms with Crippen LogP contribution in [0.5, 0.6) is 5.75 Å². The summed E-state index contributed by atoms with van der Waals surface area (Å²) in [5, 5.41) is 0.552. The van der Waals surface area contributed by atoms with Crippen LogP contribution in [0, 0.1) is 6.92 Å². The molecular weight excluding hydrogens is 448 g/mol. The zero-order chi connectivity index (χ0) is 23.9. The van der Waals surface area contributed by atoms with Gasteiger partial charge in [-0.25, -0.2) is 4.98 Å². The first-order chi connectivity index (χ1) is 16.5. The van der Waals surface area contributed by atoms with E-state index in [0.29, 0.717) is 35.3 Å². The monoisotopic (exact) mass is 478 g/mol. The molecule has 0 radical (unpaired) electrons. The predicted octanol–water partition coefficient (Wildman–Crippen LogP) is 3.27. The molecule has 0 aliphatic carbocycles. The highest BCUT2D eigenvalue weighted by molar-refractivity contribution is 7.98. The summed E-state index contributed by atoms with van der Waals surface area (Å²) in [5.74, 6) is 1.43. The van der Waals surface area contributed by atoms with Crippen molar-refractivity contribution in [2.45, 2.75) is 30.8 Å². The van der Waals surface area contributed by atoms with Crippen molar-refractivity contribution in [3.05, 3.63) is 87.3 Å². The number of ether oxygens (including phenoxy) is 1. The van der Waals surface area contributed by atoms with Crippen molar-refractivity contribution in [3.8, 4) is 5.75 Å². The number of hydrogen-bond donors (Lipinski definition) is 1. The Balaban J connectivity index is 1.32. The molecule has 1 aromatic heterocycles. The maximum Gasteiger partial charge on any atom is 0.255 e. The third-order valence-corrected chi connectivity index (χ3v) is 6.96. The molecule has 0 unspecified atom stereocenters. The number of piperazine rings is 1. The van der Waals surface area contributed by atoms with Crippen molar-refractivity contribution in [2.24, 2.45) is 0 Å². The van der Waals surface area contributed by atoms with E-state index in [9.17, 15) is 9.59 Å². The zero-order valence-electron chi connectivity index (χ0n) is 19.6. The van der Waals surface area contributed by atoms with Gasteiger partial charge in [0.15, 0.2) is 5.16 Å². The Hall–Kier alpha value is -3.10. The number of aromatic nitrogens is 2. The fourth-order valence-electron chi connectivity index (χ4n) is 4.04. The lowest BCUT2D eigenvalue weighted by molar-refractivity contribution is -0.132. The third kappa shape index (κ3) is 6.27. The van der Waals surface area contributed by atoms with Crippen LogP contribution in [0.4, 0.5) is 0 Å². The molecular formula is C26H30N4O3S. The van der Waals surface area contributed by atoms with Crippen LogP contribution in [-0.2, 0) is 23.5 Å². The molecule has 1 fully saturated rings. The van der Waals surface area contributed by atoms with Crippen LogP contribution in [0.3, 0.4) is 0 Å². The molecule has 1 saturated heterocycles. The first kappa shape index (κ1) is 24.0. The molecule has 3 aromatic rings. The van der Waals surface area contributed by atoms with Gasteiger partial charge in [-0.1, -0.05) is 54.2 Å². The van der Waals surface area contributed by atoms with Crippen molar-refractivity contribution < 1.29 is 9.53 Å². The molecule has 0 atom stereocenters. The van der Waals surface area contributed by atoms with Crippen molar-refractivity contribution in [1.82, 2.24) is 19.8 Å². The van der Waals surface area contributed by atoms with Gasteiger partial charge >= 0.3 is 0 Å². The molecule has 8 heteroatoms.